The molecule has 0 aromatic heterocycles. The number of rotatable bonds is 5. The Labute approximate surface area is 150 Å². The van der Waals surface area contributed by atoms with Crippen LogP contribution in [0.4, 0.5) is 0 Å². The number of oxime groups is 1. The number of aliphatic imine (C=N–C) groups is 1. The van der Waals surface area contributed by atoms with Gasteiger partial charge in [-0.3, -0.25) is 4.79 Å². The van der Waals surface area contributed by atoms with Gasteiger partial charge in [-0.05, 0) is 12.1 Å². The largest absolute Gasteiger partial charge is 0.492 e. The minimum absolute atomic E-state index is 0.241. The molecule has 1 aromatic carbocycles. The smallest absolute Gasteiger partial charge is 0.285 e. The molecule has 0 aliphatic carbocycles. The van der Waals surface area contributed by atoms with Crippen LogP contribution in [0, 0.1) is 0 Å². The van der Waals surface area contributed by atoms with Gasteiger partial charge in [0, 0.05) is 23.1 Å². The number of nitrogens with two attached hydrogens (primary N) is 1. The molecule has 0 saturated heterocycles. The number of hydroxylamine groups is 1. The van der Waals surface area contributed by atoms with E-state index in [0.29, 0.717) is 22.4 Å². The van der Waals surface area contributed by atoms with E-state index in [4.69, 9.17) is 10.5 Å². The van der Waals surface area contributed by atoms with E-state index in [1.807, 2.05) is 5.48 Å². The number of carbonyl (C=O) groups excluding carboxylic acids is 1. The molecule has 0 unspecified atom stereocenters. The lowest BCUT2D eigenvalue weighted by molar-refractivity contribution is -0.114. The van der Waals surface area contributed by atoms with Crippen molar-refractivity contribution >= 4 is 34.3 Å². The summed E-state index contributed by atoms with van der Waals surface area (Å²) in [6.07, 6.45) is 4.24. The third-order valence-electron chi connectivity index (χ3n) is 3.11. The lowest BCUT2D eigenvalue weighted by Gasteiger charge is -2.08. The number of amides is 1. The maximum Gasteiger partial charge on any atom is 0.285 e. The summed E-state index contributed by atoms with van der Waals surface area (Å²) in [5, 5.41) is 3.71. The molecule has 0 bridgehead atoms. The standard InChI is InChI=1S/C15H18N4O6S/c1-23-17-9-12-5-3-4-10-8-11(6-7-24-13(10)12)14(20)18-15(16)19-25-26(2,21)22/h3-5,8-9H,6-7H2,1-2H3,(H3,16,18,19,20). The molecule has 3 N–H and O–H groups in total. The predicted octanol–water partition coefficient (Wildman–Crippen LogP) is 0.155. The van der Waals surface area contributed by atoms with Gasteiger partial charge in [0.15, 0.2) is 0 Å². The fraction of sp³-hybridized carbons (Fsp3) is 0.267. The number of nitrogens with one attached hydrogen (secondary N) is 1. The molecule has 0 radical (unpaired) electrons. The minimum Gasteiger partial charge on any atom is -0.492 e. The maximum absolute atomic E-state index is 12.3. The van der Waals surface area contributed by atoms with Gasteiger partial charge in [-0.1, -0.05) is 17.3 Å². The fourth-order valence-electron chi connectivity index (χ4n) is 2.08. The van der Waals surface area contributed by atoms with Crippen LogP contribution in [0.25, 0.3) is 6.08 Å². The number of para-hydroxylation sites is 1. The van der Waals surface area contributed by atoms with Crippen molar-refractivity contribution in [3.8, 4) is 5.75 Å². The highest BCUT2D eigenvalue weighted by Crippen LogP contribution is 2.29. The van der Waals surface area contributed by atoms with E-state index >= 15 is 0 Å². The summed E-state index contributed by atoms with van der Waals surface area (Å²) in [6, 6.07) is 5.35. The minimum atomic E-state index is -3.78. The van der Waals surface area contributed by atoms with Gasteiger partial charge in [0.2, 0.25) is 5.96 Å². The monoisotopic (exact) mass is 382 g/mol. The van der Waals surface area contributed by atoms with Gasteiger partial charge in [0.25, 0.3) is 16.0 Å². The van der Waals surface area contributed by atoms with E-state index in [1.54, 1.807) is 24.3 Å². The van der Waals surface area contributed by atoms with Gasteiger partial charge >= 0.3 is 0 Å². The van der Waals surface area contributed by atoms with Crippen LogP contribution in [-0.2, 0) is 24.0 Å². The van der Waals surface area contributed by atoms with Crippen LogP contribution < -0.4 is 16.0 Å². The van der Waals surface area contributed by atoms with Gasteiger partial charge < -0.3 is 15.3 Å². The Hall–Kier alpha value is -2.92. The highest BCUT2D eigenvalue weighted by Gasteiger charge is 2.17. The SMILES string of the molecule is CON=Cc1cccc2c1OCCC(C(=O)N=C(N)NOS(C)(=O)=O)=C2. The molecule has 11 heteroatoms. The maximum atomic E-state index is 12.3. The Balaban J connectivity index is 2.24. The molecule has 0 saturated carbocycles. The van der Waals surface area contributed by atoms with Gasteiger partial charge in [-0.15, -0.1) is 4.28 Å². The number of nitrogens with zero attached hydrogens (tertiary/aromatic N) is 2. The highest BCUT2D eigenvalue weighted by atomic mass is 32.2. The van der Waals surface area contributed by atoms with Crippen molar-refractivity contribution in [1.82, 2.24) is 5.48 Å². The molecule has 1 aromatic rings. The van der Waals surface area contributed by atoms with Gasteiger partial charge in [0.05, 0.1) is 19.1 Å². The van der Waals surface area contributed by atoms with Crippen LogP contribution in [0.2, 0.25) is 0 Å². The zero-order valence-electron chi connectivity index (χ0n) is 14.1. The first-order chi connectivity index (χ1) is 12.3. The number of fused-ring (bicyclic) bond motifs is 1. The summed E-state index contributed by atoms with van der Waals surface area (Å²) in [4.78, 5) is 20.5. The highest BCUT2D eigenvalue weighted by molar-refractivity contribution is 7.85. The number of guanidine groups is 1. The Bertz CT molecular complexity index is 876. The summed E-state index contributed by atoms with van der Waals surface area (Å²) in [7, 11) is -2.35. The summed E-state index contributed by atoms with van der Waals surface area (Å²) < 4.78 is 31.7. The van der Waals surface area contributed by atoms with E-state index in [1.165, 1.54) is 13.3 Å². The van der Waals surface area contributed by atoms with E-state index < -0.39 is 22.0 Å². The Morgan fingerprint density at radius 2 is 2.19 bits per heavy atom. The molecular formula is C15H18N4O6S. The number of carbonyl (C=O) groups is 1. The van der Waals surface area contributed by atoms with Crippen LogP contribution in [0.1, 0.15) is 17.5 Å². The first kappa shape index (κ1) is 19.4. The molecule has 140 valence electrons. The van der Waals surface area contributed by atoms with Crippen molar-refractivity contribution < 1.29 is 27.1 Å². The quantitative estimate of drug-likeness (QED) is 0.416. The number of benzene rings is 1. The van der Waals surface area contributed by atoms with Crippen molar-refractivity contribution in [1.29, 1.82) is 0 Å². The number of ether oxygens (including phenoxy) is 1. The molecule has 1 aliphatic heterocycles. The van der Waals surface area contributed by atoms with Crippen molar-refractivity contribution in [3.63, 3.8) is 0 Å². The van der Waals surface area contributed by atoms with Crippen LogP contribution in [-0.4, -0.2) is 46.5 Å². The van der Waals surface area contributed by atoms with E-state index in [0.717, 1.165) is 6.26 Å². The van der Waals surface area contributed by atoms with Crippen LogP contribution >= 0.6 is 0 Å². The molecule has 0 atom stereocenters. The molecule has 1 amide bonds. The second kappa shape index (κ2) is 8.45. The third kappa shape index (κ3) is 5.57. The lowest BCUT2D eigenvalue weighted by Crippen LogP contribution is -2.34. The van der Waals surface area contributed by atoms with E-state index in [2.05, 4.69) is 19.3 Å². The average molecular weight is 382 g/mol. The van der Waals surface area contributed by atoms with E-state index in [-0.39, 0.29) is 13.0 Å². The van der Waals surface area contributed by atoms with Crippen LogP contribution in [0.15, 0.2) is 33.9 Å². The Kier molecular flexibility index (Phi) is 6.31. The lowest BCUT2D eigenvalue weighted by atomic mass is 10.1. The van der Waals surface area contributed by atoms with Crippen molar-refractivity contribution in [2.75, 3.05) is 20.0 Å². The molecule has 1 aliphatic rings. The molecule has 0 fully saturated rings. The second-order valence-electron chi connectivity index (χ2n) is 5.14. The molecular weight excluding hydrogens is 364 g/mol. The first-order valence-corrected chi connectivity index (χ1v) is 9.17. The number of hydrogen-bond acceptors (Lipinski definition) is 7. The third-order valence-corrected chi connectivity index (χ3v) is 3.50. The first-order valence-electron chi connectivity index (χ1n) is 7.36. The average Bonchev–Trinajstić information content (AvgIpc) is 2.80. The summed E-state index contributed by atoms with van der Waals surface area (Å²) in [5.41, 5.74) is 9.03. The molecule has 1 heterocycles. The molecule has 2 rings (SSSR count). The van der Waals surface area contributed by atoms with Gasteiger partial charge in [-0.25, -0.2) is 5.48 Å². The summed E-state index contributed by atoms with van der Waals surface area (Å²) in [6.45, 7) is 0.241. The van der Waals surface area contributed by atoms with Crippen LogP contribution in [0.3, 0.4) is 0 Å². The van der Waals surface area contributed by atoms with Gasteiger partial charge in [0.1, 0.15) is 12.9 Å². The van der Waals surface area contributed by atoms with Crippen LogP contribution in [0.5, 0.6) is 5.75 Å². The predicted molar refractivity (Wildman–Crippen MR) is 94.8 cm³/mol. The Morgan fingerprint density at radius 1 is 1.42 bits per heavy atom. The summed E-state index contributed by atoms with van der Waals surface area (Å²) >= 11 is 0. The van der Waals surface area contributed by atoms with Crippen molar-refractivity contribution in [2.24, 2.45) is 15.9 Å². The Morgan fingerprint density at radius 3 is 2.88 bits per heavy atom. The molecule has 26 heavy (non-hydrogen) atoms. The van der Waals surface area contributed by atoms with Crippen molar-refractivity contribution in [3.05, 3.63) is 34.9 Å². The van der Waals surface area contributed by atoms with Gasteiger partial charge in [-0.2, -0.15) is 13.4 Å². The van der Waals surface area contributed by atoms with E-state index in [9.17, 15) is 13.2 Å². The normalized spacial score (nSPS) is 14.8. The molecule has 0 spiro atoms. The fourth-order valence-corrected chi connectivity index (χ4v) is 2.32. The topological polar surface area (TPSA) is 142 Å². The second-order valence-corrected chi connectivity index (χ2v) is 6.72. The zero-order valence-corrected chi connectivity index (χ0v) is 14.9. The van der Waals surface area contributed by atoms with Crippen molar-refractivity contribution in [2.45, 2.75) is 6.42 Å². The molecule has 10 nitrogen and oxygen atoms in total. The zero-order chi connectivity index (χ0) is 19.2. The summed E-state index contributed by atoms with van der Waals surface area (Å²) in [5.74, 6) is -0.557. The number of hydrogen-bond donors (Lipinski definition) is 2.